The van der Waals surface area contributed by atoms with Gasteiger partial charge in [-0.1, -0.05) is 43.3 Å². The number of rotatable bonds is 7. The van der Waals surface area contributed by atoms with Crippen LogP contribution >= 0.6 is 0 Å². The number of nitrogens with one attached hydrogen (secondary N) is 1. The molecule has 6 heteroatoms. The van der Waals surface area contributed by atoms with Crippen LogP contribution in [0.5, 0.6) is 0 Å². The Morgan fingerprint density at radius 3 is 2.07 bits per heavy atom. The van der Waals surface area contributed by atoms with Crippen molar-refractivity contribution in [1.29, 1.82) is 0 Å². The molecule has 2 amide bonds. The van der Waals surface area contributed by atoms with E-state index in [-0.39, 0.29) is 18.6 Å². The van der Waals surface area contributed by atoms with Gasteiger partial charge in [0.1, 0.15) is 11.8 Å². The van der Waals surface area contributed by atoms with Gasteiger partial charge in [-0.3, -0.25) is 14.4 Å². The number of nitrogens with two attached hydrogens (primary N) is 1. The highest BCUT2D eigenvalue weighted by Gasteiger charge is 2.22. The fourth-order valence-electron chi connectivity index (χ4n) is 3.08. The van der Waals surface area contributed by atoms with Gasteiger partial charge < -0.3 is 11.1 Å². The van der Waals surface area contributed by atoms with E-state index in [0.717, 1.165) is 0 Å². The second-order valence-electron chi connectivity index (χ2n) is 6.38. The molecular formula is C21H21N3O3. The van der Waals surface area contributed by atoms with E-state index >= 15 is 0 Å². The largest absolute Gasteiger partial charge is 0.368 e. The zero-order valence-corrected chi connectivity index (χ0v) is 15.1. The Hall–Kier alpha value is -3.28. The molecule has 2 aromatic carbocycles. The summed E-state index contributed by atoms with van der Waals surface area (Å²) < 4.78 is 0. The van der Waals surface area contributed by atoms with Crippen LogP contribution in [0.25, 0.3) is 21.8 Å². The van der Waals surface area contributed by atoms with E-state index < -0.39 is 17.9 Å². The van der Waals surface area contributed by atoms with Gasteiger partial charge in [0.25, 0.3) is 5.91 Å². The summed E-state index contributed by atoms with van der Waals surface area (Å²) >= 11 is 0. The smallest absolute Gasteiger partial charge is 0.253 e. The molecule has 1 aromatic heterocycles. The van der Waals surface area contributed by atoms with Crippen molar-refractivity contribution in [3.8, 4) is 0 Å². The molecule has 0 aliphatic carbocycles. The summed E-state index contributed by atoms with van der Waals surface area (Å²) in [6, 6.07) is 13.8. The quantitative estimate of drug-likeness (QED) is 0.630. The number of hydrogen-bond acceptors (Lipinski definition) is 4. The molecule has 0 fully saturated rings. The van der Waals surface area contributed by atoms with Crippen molar-refractivity contribution < 1.29 is 14.4 Å². The van der Waals surface area contributed by atoms with Crippen molar-refractivity contribution >= 4 is 39.4 Å². The molecule has 0 aliphatic rings. The summed E-state index contributed by atoms with van der Waals surface area (Å²) in [4.78, 5) is 41.0. The van der Waals surface area contributed by atoms with Gasteiger partial charge in [0.05, 0.1) is 16.6 Å². The lowest BCUT2D eigenvalue weighted by atomic mass is 10.0. The second-order valence-corrected chi connectivity index (χ2v) is 6.38. The number of amides is 2. The number of ketones is 1. The number of benzene rings is 2. The van der Waals surface area contributed by atoms with E-state index in [1.165, 1.54) is 0 Å². The van der Waals surface area contributed by atoms with Crippen LogP contribution in [0.3, 0.4) is 0 Å². The number of para-hydroxylation sites is 2. The molecule has 0 spiro atoms. The predicted molar refractivity (Wildman–Crippen MR) is 104 cm³/mol. The van der Waals surface area contributed by atoms with E-state index in [1.807, 2.05) is 48.5 Å². The molecule has 0 saturated carbocycles. The molecule has 0 unspecified atom stereocenters. The summed E-state index contributed by atoms with van der Waals surface area (Å²) in [6.07, 6.45) is 0.774. The number of nitrogens with zero attached hydrogens (tertiary/aromatic N) is 1. The number of fused-ring (bicyclic) bond motifs is 2. The minimum absolute atomic E-state index is 0.0234. The van der Waals surface area contributed by atoms with Crippen molar-refractivity contribution in [3.05, 3.63) is 54.1 Å². The third-order valence-corrected chi connectivity index (χ3v) is 4.57. The summed E-state index contributed by atoms with van der Waals surface area (Å²) in [5.74, 6) is -1.04. The Bertz CT molecular complexity index is 976. The van der Waals surface area contributed by atoms with Crippen LogP contribution in [-0.4, -0.2) is 28.6 Å². The van der Waals surface area contributed by atoms with Crippen LogP contribution in [0.15, 0.2) is 48.5 Å². The fraction of sp³-hybridized carbons (Fsp3) is 0.238. The van der Waals surface area contributed by atoms with Gasteiger partial charge in [-0.05, 0) is 18.6 Å². The standard InChI is InChI=1S/C21H21N3O3/c1-2-13(25)11-12-18(20(22)26)24-21(27)19-14-7-3-5-9-16(14)23-17-10-6-4-8-15(17)19/h3-10,18H,2,11-12H2,1H3,(H2,22,26)(H,24,27)/t18-/m1/s1. The first-order valence-corrected chi connectivity index (χ1v) is 8.90. The third kappa shape index (κ3) is 3.95. The minimum Gasteiger partial charge on any atom is -0.368 e. The molecule has 138 valence electrons. The van der Waals surface area contributed by atoms with Gasteiger partial charge in [-0.25, -0.2) is 4.98 Å². The van der Waals surface area contributed by atoms with Crippen LogP contribution in [0.1, 0.15) is 36.5 Å². The van der Waals surface area contributed by atoms with E-state index in [4.69, 9.17) is 5.73 Å². The van der Waals surface area contributed by atoms with E-state index in [9.17, 15) is 14.4 Å². The summed E-state index contributed by atoms with van der Waals surface area (Å²) in [6.45, 7) is 1.76. The van der Waals surface area contributed by atoms with Crippen LogP contribution in [0, 0.1) is 0 Å². The topological polar surface area (TPSA) is 102 Å². The highest BCUT2D eigenvalue weighted by molar-refractivity contribution is 6.16. The summed E-state index contributed by atoms with van der Waals surface area (Å²) in [5, 5.41) is 4.09. The van der Waals surface area contributed by atoms with Crippen molar-refractivity contribution in [2.24, 2.45) is 5.73 Å². The normalized spacial score (nSPS) is 12.0. The van der Waals surface area contributed by atoms with Gasteiger partial charge in [0.15, 0.2) is 0 Å². The number of primary amides is 1. The first-order chi connectivity index (χ1) is 13.0. The average Bonchev–Trinajstić information content (AvgIpc) is 2.68. The van der Waals surface area contributed by atoms with Crippen molar-refractivity contribution in [2.75, 3.05) is 0 Å². The molecule has 6 nitrogen and oxygen atoms in total. The Morgan fingerprint density at radius 1 is 1.00 bits per heavy atom. The van der Waals surface area contributed by atoms with Crippen molar-refractivity contribution in [1.82, 2.24) is 10.3 Å². The molecular weight excluding hydrogens is 342 g/mol. The van der Waals surface area contributed by atoms with Crippen molar-refractivity contribution in [3.63, 3.8) is 0 Å². The summed E-state index contributed by atoms with van der Waals surface area (Å²) in [7, 11) is 0. The highest BCUT2D eigenvalue weighted by atomic mass is 16.2. The molecule has 27 heavy (non-hydrogen) atoms. The second kappa shape index (κ2) is 7.95. The number of carbonyl (C=O) groups is 3. The Kier molecular flexibility index (Phi) is 5.45. The molecule has 1 heterocycles. The maximum Gasteiger partial charge on any atom is 0.253 e. The lowest BCUT2D eigenvalue weighted by Crippen LogP contribution is -2.44. The molecule has 0 radical (unpaired) electrons. The van der Waals surface area contributed by atoms with Gasteiger partial charge >= 0.3 is 0 Å². The van der Waals surface area contributed by atoms with Gasteiger partial charge in [-0.2, -0.15) is 0 Å². The van der Waals surface area contributed by atoms with Crippen LogP contribution in [-0.2, 0) is 9.59 Å². The first-order valence-electron chi connectivity index (χ1n) is 8.90. The molecule has 3 rings (SSSR count). The van der Waals surface area contributed by atoms with E-state index in [2.05, 4.69) is 10.3 Å². The van der Waals surface area contributed by atoms with Crippen LogP contribution < -0.4 is 11.1 Å². The van der Waals surface area contributed by atoms with Gasteiger partial charge in [0, 0.05) is 23.6 Å². The molecule has 0 aliphatic heterocycles. The number of carbonyl (C=O) groups excluding carboxylic acids is 3. The minimum atomic E-state index is -0.904. The molecule has 1 atom stereocenters. The first kappa shape index (κ1) is 18.5. The zero-order chi connectivity index (χ0) is 19.4. The van der Waals surface area contributed by atoms with Crippen molar-refractivity contribution in [2.45, 2.75) is 32.2 Å². The monoisotopic (exact) mass is 363 g/mol. The lowest BCUT2D eigenvalue weighted by molar-refractivity contribution is -0.121. The Labute approximate surface area is 156 Å². The molecule has 3 N–H and O–H groups in total. The van der Waals surface area contributed by atoms with E-state index in [0.29, 0.717) is 33.8 Å². The third-order valence-electron chi connectivity index (χ3n) is 4.57. The Balaban J connectivity index is 2.00. The van der Waals surface area contributed by atoms with Crippen LogP contribution in [0.4, 0.5) is 0 Å². The van der Waals surface area contributed by atoms with Gasteiger partial charge in [0.2, 0.25) is 5.91 Å². The van der Waals surface area contributed by atoms with E-state index in [1.54, 1.807) is 6.92 Å². The van der Waals surface area contributed by atoms with Gasteiger partial charge in [-0.15, -0.1) is 0 Å². The maximum atomic E-state index is 13.1. The molecule has 3 aromatic rings. The SMILES string of the molecule is CCC(=O)CC[C@@H](NC(=O)c1c2ccccc2nc2ccccc12)C(N)=O. The lowest BCUT2D eigenvalue weighted by Gasteiger charge is -2.17. The molecule has 0 saturated heterocycles. The zero-order valence-electron chi connectivity index (χ0n) is 15.1. The number of Topliss-reactive ketones (excluding diaryl/α,β-unsaturated/α-hetero) is 1. The maximum absolute atomic E-state index is 13.1. The predicted octanol–water partition coefficient (Wildman–Crippen LogP) is 2.73. The number of pyridine rings is 1. The fourth-order valence-corrected chi connectivity index (χ4v) is 3.08. The number of hydrogen-bond donors (Lipinski definition) is 2. The highest BCUT2D eigenvalue weighted by Crippen LogP contribution is 2.26. The molecule has 0 bridgehead atoms. The average molecular weight is 363 g/mol. The number of aromatic nitrogens is 1. The van der Waals surface area contributed by atoms with Crippen LogP contribution in [0.2, 0.25) is 0 Å². The Morgan fingerprint density at radius 2 is 1.56 bits per heavy atom. The summed E-state index contributed by atoms with van der Waals surface area (Å²) in [5.41, 5.74) is 7.27.